The maximum atomic E-state index is 12.4. The molecule has 0 saturated heterocycles. The van der Waals surface area contributed by atoms with Crippen LogP contribution in [0.3, 0.4) is 0 Å². The first-order valence-electron chi connectivity index (χ1n) is 14.1. The molecule has 7 nitrogen and oxygen atoms in total. The zero-order valence-corrected chi connectivity index (χ0v) is 24.5. The van der Waals surface area contributed by atoms with Gasteiger partial charge in [-0.05, 0) is 68.1 Å². The van der Waals surface area contributed by atoms with Crippen LogP contribution in [0, 0.1) is 10.1 Å². The Labute approximate surface area is 238 Å². The molecule has 0 aliphatic carbocycles. The van der Waals surface area contributed by atoms with Gasteiger partial charge in [-0.25, -0.2) is 0 Å². The number of carbonyl (C=O) groups excluding carboxylic acids is 1. The lowest BCUT2D eigenvalue weighted by Gasteiger charge is -2.27. The van der Waals surface area contributed by atoms with E-state index in [4.69, 9.17) is 4.74 Å². The number of benzene rings is 3. The van der Waals surface area contributed by atoms with Crippen molar-refractivity contribution in [2.45, 2.75) is 57.6 Å². The summed E-state index contributed by atoms with van der Waals surface area (Å²) in [4.78, 5) is 22.8. The zero-order chi connectivity index (χ0) is 28.8. The molecule has 3 aromatic rings. The molecule has 0 unspecified atom stereocenters. The first-order chi connectivity index (χ1) is 19.4. The van der Waals surface area contributed by atoms with Crippen molar-refractivity contribution in [3.05, 3.63) is 101 Å². The summed E-state index contributed by atoms with van der Waals surface area (Å²) in [5.41, 5.74) is 0.504. The van der Waals surface area contributed by atoms with Gasteiger partial charge in [-0.3, -0.25) is 14.9 Å². The van der Waals surface area contributed by atoms with Crippen molar-refractivity contribution in [3.63, 3.8) is 0 Å². The number of ether oxygens (including phenoxy) is 1. The summed E-state index contributed by atoms with van der Waals surface area (Å²) in [6, 6.07) is 27.1. The Balaban J connectivity index is 1.44. The minimum Gasteiger partial charge on any atom is -0.386 e. The van der Waals surface area contributed by atoms with Crippen molar-refractivity contribution in [3.8, 4) is 0 Å². The number of nitro benzene ring substituents is 1. The molecular weight excluding hydrogens is 523 g/mol. The third-order valence-corrected chi connectivity index (χ3v) is 12.0. The maximum absolute atomic E-state index is 12.4. The quantitative estimate of drug-likeness (QED) is 0.0934. The van der Waals surface area contributed by atoms with Gasteiger partial charge in [0, 0.05) is 25.7 Å². The highest BCUT2D eigenvalue weighted by Crippen LogP contribution is 2.56. The third kappa shape index (κ3) is 8.95. The van der Waals surface area contributed by atoms with Gasteiger partial charge < -0.3 is 15.2 Å². The van der Waals surface area contributed by atoms with Crippen LogP contribution in [-0.2, 0) is 9.53 Å². The summed E-state index contributed by atoms with van der Waals surface area (Å²) in [6.07, 6.45) is 6.75. The predicted octanol–water partition coefficient (Wildman–Crippen LogP) is 5.79. The smallest absolute Gasteiger partial charge is 0.269 e. The molecular formula is C32H42N2O5P+. The highest BCUT2D eigenvalue weighted by molar-refractivity contribution is 7.89. The SMILES string of the molecule is COCC[P+](CCCCCCCC(=O)N[C@H](C)[C@H](O)c1ccc([N+](=O)[O-])cc1)(c1ccccc1)c1ccccc1. The fourth-order valence-corrected chi connectivity index (χ4v) is 9.43. The second kappa shape index (κ2) is 16.2. The van der Waals surface area contributed by atoms with Crippen molar-refractivity contribution >= 4 is 29.5 Å². The summed E-state index contributed by atoms with van der Waals surface area (Å²) in [7, 11) is 0.182. The largest absolute Gasteiger partial charge is 0.386 e. The number of hydrogen-bond acceptors (Lipinski definition) is 5. The zero-order valence-electron chi connectivity index (χ0n) is 23.6. The van der Waals surface area contributed by atoms with Crippen LogP contribution in [0.5, 0.6) is 0 Å². The van der Waals surface area contributed by atoms with E-state index in [9.17, 15) is 20.0 Å². The molecule has 0 bridgehead atoms. The lowest BCUT2D eigenvalue weighted by molar-refractivity contribution is -0.384. The van der Waals surface area contributed by atoms with Gasteiger partial charge in [0.15, 0.2) is 0 Å². The van der Waals surface area contributed by atoms with Gasteiger partial charge >= 0.3 is 0 Å². The van der Waals surface area contributed by atoms with Crippen molar-refractivity contribution in [1.82, 2.24) is 5.32 Å². The van der Waals surface area contributed by atoms with Crippen LogP contribution in [0.25, 0.3) is 0 Å². The Morgan fingerprint density at radius 2 is 1.43 bits per heavy atom. The molecule has 0 fully saturated rings. The topological polar surface area (TPSA) is 102 Å². The molecule has 0 aromatic heterocycles. The summed E-state index contributed by atoms with van der Waals surface area (Å²) in [5.74, 6) is -0.0916. The molecule has 0 aliphatic rings. The third-order valence-electron chi connectivity index (χ3n) is 7.43. The summed E-state index contributed by atoms with van der Waals surface area (Å²) >= 11 is 0. The number of nitro groups is 1. The van der Waals surface area contributed by atoms with E-state index in [1.54, 1.807) is 14.0 Å². The molecule has 8 heteroatoms. The van der Waals surface area contributed by atoms with Crippen molar-refractivity contribution in [1.29, 1.82) is 0 Å². The van der Waals surface area contributed by atoms with Crippen molar-refractivity contribution in [2.75, 3.05) is 26.0 Å². The second-order valence-corrected chi connectivity index (χ2v) is 14.1. The van der Waals surface area contributed by atoms with E-state index in [1.807, 2.05) is 0 Å². The molecule has 2 N–H and O–H groups in total. The normalized spacial score (nSPS) is 13.0. The summed E-state index contributed by atoms with van der Waals surface area (Å²) in [5, 5.41) is 27.1. The summed E-state index contributed by atoms with van der Waals surface area (Å²) in [6.45, 7) is 2.48. The van der Waals surface area contributed by atoms with Crippen LogP contribution in [0.15, 0.2) is 84.9 Å². The van der Waals surface area contributed by atoms with Crippen LogP contribution < -0.4 is 15.9 Å². The van der Waals surface area contributed by atoms with Crippen LogP contribution in [-0.4, -0.2) is 48.0 Å². The van der Waals surface area contributed by atoms with E-state index >= 15 is 0 Å². The minimum absolute atomic E-state index is 0.0321. The van der Waals surface area contributed by atoms with Crippen LogP contribution in [0.2, 0.25) is 0 Å². The molecule has 3 aromatic carbocycles. The standard InChI is InChI=1S/C32H41N2O5P/c1-26(32(36)27-19-21-28(22-20-27)34(37)38)33-31(35)18-12-4-3-5-13-24-40(25-23-39-2,29-14-8-6-9-15-29)30-16-10-7-11-17-30/h6-11,14-17,19-22,26,32,36H,3-5,12-13,18,23-25H2,1-2H3/p+1/t26-,32+/m1/s1. The number of methoxy groups -OCH3 is 1. The number of nitrogens with zero attached hydrogens (tertiary/aromatic N) is 1. The average molecular weight is 566 g/mol. The van der Waals surface area contributed by atoms with E-state index in [1.165, 1.54) is 34.9 Å². The number of non-ortho nitro benzene ring substituents is 1. The molecule has 0 aliphatic heterocycles. The Hall–Kier alpha value is -3.12. The molecule has 0 saturated carbocycles. The number of amides is 1. The predicted molar refractivity (Wildman–Crippen MR) is 164 cm³/mol. The fourth-order valence-electron chi connectivity index (χ4n) is 5.14. The van der Waals surface area contributed by atoms with Gasteiger partial charge in [-0.15, -0.1) is 0 Å². The van der Waals surface area contributed by atoms with E-state index in [0.29, 0.717) is 12.0 Å². The van der Waals surface area contributed by atoms with Crippen molar-refractivity contribution < 1.29 is 19.6 Å². The van der Waals surface area contributed by atoms with Gasteiger partial charge in [0.1, 0.15) is 0 Å². The van der Waals surface area contributed by atoms with E-state index in [0.717, 1.165) is 51.0 Å². The van der Waals surface area contributed by atoms with E-state index in [-0.39, 0.29) is 11.6 Å². The van der Waals surface area contributed by atoms with Crippen molar-refractivity contribution in [2.24, 2.45) is 0 Å². The lowest BCUT2D eigenvalue weighted by Crippen LogP contribution is -2.36. The van der Waals surface area contributed by atoms with Crippen LogP contribution >= 0.6 is 7.26 Å². The van der Waals surface area contributed by atoms with Gasteiger partial charge in [-0.1, -0.05) is 49.2 Å². The fraction of sp³-hybridized carbons (Fsp3) is 0.406. The number of rotatable bonds is 17. The number of hydrogen-bond donors (Lipinski definition) is 2. The number of aliphatic hydroxyl groups excluding tert-OH is 1. The molecule has 0 heterocycles. The number of nitrogens with one attached hydrogen (secondary N) is 1. The Kier molecular flexibility index (Phi) is 12.7. The highest BCUT2D eigenvalue weighted by atomic mass is 31.2. The Morgan fingerprint density at radius 3 is 1.98 bits per heavy atom. The average Bonchev–Trinajstić information content (AvgIpc) is 2.98. The van der Waals surface area contributed by atoms with Gasteiger partial charge in [0.05, 0.1) is 53.9 Å². The van der Waals surface area contributed by atoms with E-state index in [2.05, 4.69) is 66.0 Å². The molecule has 3 rings (SSSR count). The van der Waals surface area contributed by atoms with Crippen LogP contribution in [0.1, 0.15) is 57.1 Å². The summed E-state index contributed by atoms with van der Waals surface area (Å²) < 4.78 is 5.55. The second-order valence-electron chi connectivity index (χ2n) is 10.2. The van der Waals surface area contributed by atoms with E-state index < -0.39 is 24.3 Å². The number of aliphatic hydroxyl groups is 1. The number of unbranched alkanes of at least 4 members (excludes halogenated alkanes) is 4. The van der Waals surface area contributed by atoms with Gasteiger partial charge in [-0.2, -0.15) is 0 Å². The number of carbonyl (C=O) groups is 1. The highest BCUT2D eigenvalue weighted by Gasteiger charge is 2.41. The maximum Gasteiger partial charge on any atom is 0.269 e. The molecule has 214 valence electrons. The first-order valence-corrected chi connectivity index (χ1v) is 16.2. The molecule has 2 atom stereocenters. The molecule has 0 radical (unpaired) electrons. The minimum atomic E-state index is -1.59. The molecule has 0 spiro atoms. The molecule has 1 amide bonds. The Bertz CT molecular complexity index is 1140. The van der Waals surface area contributed by atoms with Gasteiger partial charge in [0.25, 0.3) is 5.69 Å². The lowest BCUT2D eigenvalue weighted by atomic mass is 10.0. The molecule has 40 heavy (non-hydrogen) atoms. The monoisotopic (exact) mass is 565 g/mol. The first kappa shape index (κ1) is 31.4. The van der Waals surface area contributed by atoms with Crippen LogP contribution in [0.4, 0.5) is 5.69 Å². The Morgan fingerprint density at radius 1 is 0.875 bits per heavy atom. The van der Waals surface area contributed by atoms with Gasteiger partial charge in [0.2, 0.25) is 5.91 Å².